The van der Waals surface area contributed by atoms with Crippen LogP contribution < -0.4 is 4.90 Å². The van der Waals surface area contributed by atoms with Gasteiger partial charge in [-0.25, -0.2) is 9.37 Å². The predicted octanol–water partition coefficient (Wildman–Crippen LogP) is 4.92. The van der Waals surface area contributed by atoms with Crippen molar-refractivity contribution in [1.29, 1.82) is 0 Å². The number of aromatic nitrogens is 1. The Morgan fingerprint density at radius 3 is 2.54 bits per heavy atom. The lowest BCUT2D eigenvalue weighted by atomic mass is 10.1. The maximum atomic E-state index is 13.9. The molecule has 24 heavy (non-hydrogen) atoms. The first-order valence-corrected chi connectivity index (χ1v) is 8.57. The molecule has 0 aliphatic carbocycles. The highest BCUT2D eigenvalue weighted by molar-refractivity contribution is 7.14. The number of halogens is 1. The predicted molar refractivity (Wildman–Crippen MR) is 96.0 cm³/mol. The van der Waals surface area contributed by atoms with Crippen molar-refractivity contribution in [2.45, 2.75) is 13.8 Å². The van der Waals surface area contributed by atoms with Gasteiger partial charge in [0, 0.05) is 17.5 Å². The van der Waals surface area contributed by atoms with E-state index in [-0.39, 0.29) is 11.5 Å². The fourth-order valence-electron chi connectivity index (χ4n) is 2.39. The van der Waals surface area contributed by atoms with Gasteiger partial charge in [0.15, 0.2) is 5.13 Å². The van der Waals surface area contributed by atoms with Crippen LogP contribution in [0.15, 0.2) is 53.9 Å². The van der Waals surface area contributed by atoms with Crippen LogP contribution in [0, 0.1) is 12.7 Å². The van der Waals surface area contributed by atoms with Gasteiger partial charge in [-0.15, -0.1) is 11.3 Å². The molecule has 1 amide bonds. The number of rotatable bonds is 4. The maximum Gasteiger partial charge on any atom is 0.263 e. The first-order valence-electron chi connectivity index (χ1n) is 7.69. The minimum absolute atomic E-state index is 0.0615. The van der Waals surface area contributed by atoms with E-state index in [1.165, 1.54) is 33.9 Å². The summed E-state index contributed by atoms with van der Waals surface area (Å²) in [6, 6.07) is 14.1. The van der Waals surface area contributed by atoms with Crippen LogP contribution in [0.5, 0.6) is 0 Å². The molecular weight excluding hydrogens is 323 g/mol. The Kier molecular flexibility index (Phi) is 4.71. The van der Waals surface area contributed by atoms with E-state index in [0.717, 1.165) is 11.3 Å². The molecule has 0 spiro atoms. The van der Waals surface area contributed by atoms with E-state index in [4.69, 9.17) is 0 Å². The summed E-state index contributed by atoms with van der Waals surface area (Å²) < 4.78 is 13.9. The first-order chi connectivity index (χ1) is 11.6. The number of anilines is 1. The summed E-state index contributed by atoms with van der Waals surface area (Å²) in [4.78, 5) is 18.7. The minimum Gasteiger partial charge on any atom is -0.284 e. The zero-order valence-corrected chi connectivity index (χ0v) is 14.3. The molecular formula is C19H17FN2OS. The van der Waals surface area contributed by atoms with E-state index in [0.29, 0.717) is 11.7 Å². The van der Waals surface area contributed by atoms with Crippen LogP contribution in [0.4, 0.5) is 9.52 Å². The van der Waals surface area contributed by atoms with E-state index in [1.807, 2.05) is 43.5 Å². The third-order valence-corrected chi connectivity index (χ3v) is 4.60. The topological polar surface area (TPSA) is 33.2 Å². The second kappa shape index (κ2) is 6.93. The number of carbonyl (C=O) groups excluding carboxylic acids is 1. The smallest absolute Gasteiger partial charge is 0.263 e. The molecule has 0 atom stereocenters. The van der Waals surface area contributed by atoms with Gasteiger partial charge >= 0.3 is 0 Å². The Balaban J connectivity index is 1.91. The summed E-state index contributed by atoms with van der Waals surface area (Å²) in [7, 11) is 0. The minimum atomic E-state index is -0.517. The summed E-state index contributed by atoms with van der Waals surface area (Å²) in [6.07, 6.45) is 0. The summed E-state index contributed by atoms with van der Waals surface area (Å²) in [5.41, 5.74) is 3.05. The molecule has 1 heterocycles. The Bertz CT molecular complexity index is 858. The molecule has 122 valence electrons. The van der Waals surface area contributed by atoms with Crippen molar-refractivity contribution in [2.24, 2.45) is 0 Å². The van der Waals surface area contributed by atoms with Crippen molar-refractivity contribution in [1.82, 2.24) is 4.98 Å². The number of amides is 1. The number of aryl methyl sites for hydroxylation is 1. The highest BCUT2D eigenvalue weighted by Crippen LogP contribution is 2.28. The number of hydrogen-bond donors (Lipinski definition) is 0. The fraction of sp³-hybridized carbons (Fsp3) is 0.158. The third kappa shape index (κ3) is 3.21. The van der Waals surface area contributed by atoms with Gasteiger partial charge in [0.05, 0.1) is 11.3 Å². The molecule has 0 aliphatic heterocycles. The Morgan fingerprint density at radius 1 is 1.17 bits per heavy atom. The van der Waals surface area contributed by atoms with Gasteiger partial charge in [-0.3, -0.25) is 9.69 Å². The van der Waals surface area contributed by atoms with E-state index >= 15 is 0 Å². The lowest BCUT2D eigenvalue weighted by molar-refractivity contribution is 0.0984. The molecule has 0 bridgehead atoms. The SMILES string of the molecule is CCN(C(=O)c1ccccc1F)c1nc(-c2ccc(C)cc2)cs1. The Hall–Kier alpha value is -2.53. The van der Waals surface area contributed by atoms with Gasteiger partial charge in [0.1, 0.15) is 5.82 Å². The molecule has 3 aromatic rings. The van der Waals surface area contributed by atoms with Gasteiger partial charge < -0.3 is 0 Å². The summed E-state index contributed by atoms with van der Waals surface area (Å²) >= 11 is 1.38. The van der Waals surface area contributed by atoms with Crippen LogP contribution in [-0.2, 0) is 0 Å². The van der Waals surface area contributed by atoms with Crippen molar-refractivity contribution in [3.8, 4) is 11.3 Å². The lowest BCUT2D eigenvalue weighted by Crippen LogP contribution is -2.31. The zero-order chi connectivity index (χ0) is 17.1. The molecule has 3 nitrogen and oxygen atoms in total. The summed E-state index contributed by atoms with van der Waals surface area (Å²) in [5, 5.41) is 2.48. The zero-order valence-electron chi connectivity index (χ0n) is 13.5. The standard InChI is InChI=1S/C19H17FN2OS/c1-3-22(18(23)15-6-4-5-7-16(15)20)19-21-17(12-24-19)14-10-8-13(2)9-11-14/h4-12H,3H2,1-2H3. The number of benzene rings is 2. The molecule has 0 unspecified atom stereocenters. The molecule has 0 N–H and O–H groups in total. The van der Waals surface area contributed by atoms with Gasteiger partial charge in [-0.2, -0.15) is 0 Å². The van der Waals surface area contributed by atoms with Crippen molar-refractivity contribution in [3.05, 3.63) is 70.9 Å². The fourth-order valence-corrected chi connectivity index (χ4v) is 3.29. The molecule has 3 rings (SSSR count). The van der Waals surface area contributed by atoms with Crippen molar-refractivity contribution in [3.63, 3.8) is 0 Å². The number of thiazole rings is 1. The second-order valence-electron chi connectivity index (χ2n) is 5.41. The average Bonchev–Trinajstić information content (AvgIpc) is 3.06. The molecule has 0 aliphatic rings. The monoisotopic (exact) mass is 340 g/mol. The highest BCUT2D eigenvalue weighted by atomic mass is 32.1. The third-order valence-electron chi connectivity index (χ3n) is 3.74. The molecule has 0 saturated heterocycles. The normalized spacial score (nSPS) is 10.6. The molecule has 0 saturated carbocycles. The molecule has 5 heteroatoms. The van der Waals surface area contributed by atoms with Crippen molar-refractivity contribution < 1.29 is 9.18 Å². The largest absolute Gasteiger partial charge is 0.284 e. The van der Waals surface area contributed by atoms with Crippen LogP contribution in [0.1, 0.15) is 22.8 Å². The van der Waals surface area contributed by atoms with Crippen LogP contribution in [0.3, 0.4) is 0 Å². The number of carbonyl (C=O) groups is 1. The van der Waals surface area contributed by atoms with E-state index < -0.39 is 5.82 Å². The van der Waals surface area contributed by atoms with Crippen LogP contribution in [0.25, 0.3) is 11.3 Å². The van der Waals surface area contributed by atoms with E-state index in [1.54, 1.807) is 12.1 Å². The Morgan fingerprint density at radius 2 is 1.88 bits per heavy atom. The molecule has 0 fully saturated rings. The molecule has 0 radical (unpaired) electrons. The molecule has 1 aromatic heterocycles. The summed E-state index contributed by atoms with van der Waals surface area (Å²) in [5.74, 6) is -0.892. The van der Waals surface area contributed by atoms with Crippen LogP contribution in [0.2, 0.25) is 0 Å². The van der Waals surface area contributed by atoms with Crippen LogP contribution in [-0.4, -0.2) is 17.4 Å². The number of hydrogen-bond acceptors (Lipinski definition) is 3. The van der Waals surface area contributed by atoms with Gasteiger partial charge in [-0.05, 0) is 26.0 Å². The summed E-state index contributed by atoms with van der Waals surface area (Å²) in [6.45, 7) is 4.31. The lowest BCUT2D eigenvalue weighted by Gasteiger charge is -2.18. The molecule has 2 aromatic carbocycles. The van der Waals surface area contributed by atoms with Gasteiger partial charge in [0.2, 0.25) is 0 Å². The van der Waals surface area contributed by atoms with Gasteiger partial charge in [-0.1, -0.05) is 42.0 Å². The Labute approximate surface area is 144 Å². The maximum absolute atomic E-state index is 13.9. The second-order valence-corrected chi connectivity index (χ2v) is 6.25. The highest BCUT2D eigenvalue weighted by Gasteiger charge is 2.21. The van der Waals surface area contributed by atoms with E-state index in [2.05, 4.69) is 4.98 Å². The van der Waals surface area contributed by atoms with Crippen LogP contribution >= 0.6 is 11.3 Å². The first kappa shape index (κ1) is 16.3. The van der Waals surface area contributed by atoms with Gasteiger partial charge in [0.25, 0.3) is 5.91 Å². The van der Waals surface area contributed by atoms with E-state index in [9.17, 15) is 9.18 Å². The average molecular weight is 340 g/mol. The van der Waals surface area contributed by atoms with Crippen molar-refractivity contribution in [2.75, 3.05) is 11.4 Å². The number of nitrogens with zero attached hydrogens (tertiary/aromatic N) is 2. The quantitative estimate of drug-likeness (QED) is 0.675. The van der Waals surface area contributed by atoms with Crippen molar-refractivity contribution >= 4 is 22.4 Å².